The van der Waals surface area contributed by atoms with Crippen LogP contribution in [0.25, 0.3) is 0 Å². The SMILES string of the molecule is CC(=O)OC[C@@H](OC(C)=O)[C@](C)(O)[C@H](OC(C)=O)[C@@](C)(O)COC(C)=O. The second-order valence-corrected chi connectivity index (χ2v) is 6.25. The first kappa shape index (κ1) is 23.8. The Hall–Kier alpha value is -2.20. The standard InChI is InChI=1S/C16H26O10/c1-9(17)23-7-13(25-11(3)19)16(6,22)14(26-12(4)20)15(5,21)8-24-10(2)18/h13-14,21-22H,7-8H2,1-6H3/t13-,14-,15+,16+/m1/s1. The summed E-state index contributed by atoms with van der Waals surface area (Å²) < 4.78 is 19.5. The number of esters is 4. The smallest absolute Gasteiger partial charge is 0.303 e. The highest BCUT2D eigenvalue weighted by atomic mass is 16.6. The first-order valence-corrected chi connectivity index (χ1v) is 7.76. The minimum Gasteiger partial charge on any atom is -0.463 e. The van der Waals surface area contributed by atoms with Crippen molar-refractivity contribution in [2.45, 2.75) is 65.0 Å². The van der Waals surface area contributed by atoms with Gasteiger partial charge in [-0.1, -0.05) is 0 Å². The molecule has 0 saturated heterocycles. The molecular weight excluding hydrogens is 352 g/mol. The number of ether oxygens (including phenoxy) is 4. The Kier molecular flexibility index (Phi) is 8.68. The number of rotatable bonds is 9. The molecule has 2 N–H and O–H groups in total. The molecule has 0 heterocycles. The average molecular weight is 378 g/mol. The minimum absolute atomic E-state index is 0.552. The maximum atomic E-state index is 11.5. The third-order valence-electron chi connectivity index (χ3n) is 3.35. The maximum absolute atomic E-state index is 11.5. The second kappa shape index (κ2) is 9.48. The summed E-state index contributed by atoms with van der Waals surface area (Å²) in [5.41, 5.74) is -4.24. The third-order valence-corrected chi connectivity index (χ3v) is 3.35. The van der Waals surface area contributed by atoms with E-state index in [9.17, 15) is 29.4 Å². The van der Waals surface area contributed by atoms with Crippen LogP contribution in [0.15, 0.2) is 0 Å². The number of hydrogen-bond acceptors (Lipinski definition) is 10. The minimum atomic E-state index is -2.20. The highest BCUT2D eigenvalue weighted by Gasteiger charge is 2.53. The molecule has 0 aliphatic heterocycles. The fourth-order valence-corrected chi connectivity index (χ4v) is 2.25. The molecule has 0 rings (SSSR count). The van der Waals surface area contributed by atoms with E-state index in [4.69, 9.17) is 18.9 Å². The molecule has 10 heteroatoms. The largest absolute Gasteiger partial charge is 0.463 e. The van der Waals surface area contributed by atoms with Gasteiger partial charge in [0, 0.05) is 27.7 Å². The van der Waals surface area contributed by atoms with Crippen LogP contribution in [0.3, 0.4) is 0 Å². The van der Waals surface area contributed by atoms with Gasteiger partial charge in [0.15, 0.2) is 12.2 Å². The molecule has 0 amide bonds. The topological polar surface area (TPSA) is 146 Å². The van der Waals surface area contributed by atoms with Crippen LogP contribution in [0, 0.1) is 0 Å². The zero-order chi connectivity index (χ0) is 20.7. The lowest BCUT2D eigenvalue weighted by molar-refractivity contribution is -0.235. The molecule has 150 valence electrons. The summed E-state index contributed by atoms with van der Waals surface area (Å²) in [6, 6.07) is 0. The summed E-state index contributed by atoms with van der Waals surface area (Å²) in [7, 11) is 0. The summed E-state index contributed by atoms with van der Waals surface area (Å²) in [4.78, 5) is 44.9. The van der Waals surface area contributed by atoms with Gasteiger partial charge in [0.1, 0.15) is 24.4 Å². The van der Waals surface area contributed by atoms with Crippen molar-refractivity contribution < 1.29 is 48.3 Å². The van der Waals surface area contributed by atoms with Crippen molar-refractivity contribution in [1.29, 1.82) is 0 Å². The molecule has 0 aromatic heterocycles. The molecule has 4 atom stereocenters. The molecule has 0 fully saturated rings. The Morgan fingerprint density at radius 3 is 1.65 bits per heavy atom. The molecule has 0 aromatic rings. The van der Waals surface area contributed by atoms with E-state index in [2.05, 4.69) is 0 Å². The van der Waals surface area contributed by atoms with Gasteiger partial charge < -0.3 is 29.2 Å². The summed E-state index contributed by atoms with van der Waals surface area (Å²) in [6.07, 6.45) is -3.16. The van der Waals surface area contributed by atoms with E-state index in [0.717, 1.165) is 41.5 Å². The van der Waals surface area contributed by atoms with Crippen LogP contribution in [-0.2, 0) is 38.1 Å². The molecule has 0 aromatic carbocycles. The molecule has 0 spiro atoms. The van der Waals surface area contributed by atoms with Gasteiger partial charge in [-0.05, 0) is 13.8 Å². The predicted molar refractivity (Wildman–Crippen MR) is 85.6 cm³/mol. The van der Waals surface area contributed by atoms with Crippen molar-refractivity contribution in [3.05, 3.63) is 0 Å². The van der Waals surface area contributed by atoms with Gasteiger partial charge in [-0.2, -0.15) is 0 Å². The zero-order valence-electron chi connectivity index (χ0n) is 15.7. The zero-order valence-corrected chi connectivity index (χ0v) is 15.7. The van der Waals surface area contributed by atoms with Crippen LogP contribution in [-0.4, -0.2) is 70.7 Å². The van der Waals surface area contributed by atoms with E-state index >= 15 is 0 Å². The molecule has 0 bridgehead atoms. The number of aliphatic hydroxyl groups is 2. The lowest BCUT2D eigenvalue weighted by Gasteiger charge is -2.43. The third kappa shape index (κ3) is 7.79. The molecule has 26 heavy (non-hydrogen) atoms. The van der Waals surface area contributed by atoms with Crippen molar-refractivity contribution in [1.82, 2.24) is 0 Å². The van der Waals surface area contributed by atoms with Gasteiger partial charge in [-0.15, -0.1) is 0 Å². The summed E-state index contributed by atoms with van der Waals surface area (Å²) in [5.74, 6) is -3.06. The van der Waals surface area contributed by atoms with Crippen LogP contribution < -0.4 is 0 Å². The molecule has 10 nitrogen and oxygen atoms in total. The second-order valence-electron chi connectivity index (χ2n) is 6.25. The van der Waals surface area contributed by atoms with Gasteiger partial charge in [-0.3, -0.25) is 19.2 Å². The van der Waals surface area contributed by atoms with Gasteiger partial charge in [-0.25, -0.2) is 0 Å². The van der Waals surface area contributed by atoms with Crippen LogP contribution in [0.5, 0.6) is 0 Å². The Morgan fingerprint density at radius 1 is 0.808 bits per heavy atom. The molecular formula is C16H26O10. The molecule has 0 radical (unpaired) electrons. The van der Waals surface area contributed by atoms with Crippen LogP contribution in [0.2, 0.25) is 0 Å². The lowest BCUT2D eigenvalue weighted by Crippen LogP contribution is -2.64. The van der Waals surface area contributed by atoms with E-state index in [1.165, 1.54) is 0 Å². The van der Waals surface area contributed by atoms with Crippen molar-refractivity contribution in [2.75, 3.05) is 13.2 Å². The van der Waals surface area contributed by atoms with E-state index < -0.39 is 60.5 Å². The first-order chi connectivity index (χ1) is 11.7. The Labute approximate surface area is 151 Å². The Balaban J connectivity index is 5.79. The van der Waals surface area contributed by atoms with Crippen LogP contribution in [0.1, 0.15) is 41.5 Å². The maximum Gasteiger partial charge on any atom is 0.303 e. The van der Waals surface area contributed by atoms with Crippen molar-refractivity contribution >= 4 is 23.9 Å². The fraction of sp³-hybridized carbons (Fsp3) is 0.750. The Morgan fingerprint density at radius 2 is 1.27 bits per heavy atom. The first-order valence-electron chi connectivity index (χ1n) is 7.76. The highest BCUT2D eigenvalue weighted by Crippen LogP contribution is 2.30. The number of carbonyl (C=O) groups is 4. The lowest BCUT2D eigenvalue weighted by atomic mass is 9.82. The normalized spacial score (nSPS) is 17.7. The predicted octanol–water partition coefficient (Wildman–Crippen LogP) is -0.522. The number of hydrogen-bond donors (Lipinski definition) is 2. The van der Waals surface area contributed by atoms with E-state index in [1.54, 1.807) is 0 Å². The molecule has 0 aliphatic rings. The monoisotopic (exact) mass is 378 g/mol. The number of carbonyl (C=O) groups excluding carboxylic acids is 4. The van der Waals surface area contributed by atoms with E-state index in [-0.39, 0.29) is 0 Å². The van der Waals surface area contributed by atoms with Crippen LogP contribution in [0.4, 0.5) is 0 Å². The average Bonchev–Trinajstić information content (AvgIpc) is 2.46. The quantitative estimate of drug-likeness (QED) is 0.397. The highest BCUT2D eigenvalue weighted by molar-refractivity contribution is 5.68. The molecule has 0 unspecified atom stereocenters. The summed E-state index contributed by atoms with van der Waals surface area (Å²) in [6.45, 7) is 5.44. The van der Waals surface area contributed by atoms with Crippen molar-refractivity contribution in [3.8, 4) is 0 Å². The van der Waals surface area contributed by atoms with E-state index in [0.29, 0.717) is 0 Å². The van der Waals surface area contributed by atoms with Gasteiger partial charge in [0.05, 0.1) is 0 Å². The summed E-state index contributed by atoms with van der Waals surface area (Å²) in [5, 5.41) is 21.5. The van der Waals surface area contributed by atoms with Crippen molar-refractivity contribution in [3.63, 3.8) is 0 Å². The molecule has 0 saturated carbocycles. The fourth-order valence-electron chi connectivity index (χ4n) is 2.25. The van der Waals surface area contributed by atoms with Gasteiger partial charge in [0.2, 0.25) is 0 Å². The van der Waals surface area contributed by atoms with Crippen LogP contribution >= 0.6 is 0 Å². The van der Waals surface area contributed by atoms with Gasteiger partial charge >= 0.3 is 23.9 Å². The summed E-state index contributed by atoms with van der Waals surface area (Å²) >= 11 is 0. The van der Waals surface area contributed by atoms with Crippen molar-refractivity contribution in [2.24, 2.45) is 0 Å². The van der Waals surface area contributed by atoms with E-state index in [1.807, 2.05) is 0 Å². The van der Waals surface area contributed by atoms with Gasteiger partial charge in [0.25, 0.3) is 0 Å². The Bertz CT molecular complexity index is 537. The molecule has 0 aliphatic carbocycles.